The van der Waals surface area contributed by atoms with Crippen LogP contribution in [0.1, 0.15) is 47.9 Å². The number of pyridine rings is 1. The lowest BCUT2D eigenvalue weighted by molar-refractivity contribution is -0.117. The van der Waals surface area contributed by atoms with E-state index in [1.807, 2.05) is 0 Å². The highest BCUT2D eigenvalue weighted by atomic mass is 35.5. The number of nitrogens with one attached hydrogen (secondary N) is 1. The Morgan fingerprint density at radius 2 is 1.96 bits per heavy atom. The van der Waals surface area contributed by atoms with E-state index in [0.717, 1.165) is 18.3 Å². The number of benzene rings is 2. The summed E-state index contributed by atoms with van der Waals surface area (Å²) in [6.07, 6.45) is 1.89. The van der Waals surface area contributed by atoms with E-state index in [-0.39, 0.29) is 76.0 Å². The van der Waals surface area contributed by atoms with E-state index in [2.05, 4.69) is 15.4 Å². The van der Waals surface area contributed by atoms with Crippen LogP contribution in [0.2, 0.25) is 5.02 Å². The van der Waals surface area contributed by atoms with Gasteiger partial charge in [0.15, 0.2) is 11.6 Å². The van der Waals surface area contributed by atoms with Gasteiger partial charge in [-0.3, -0.25) is 9.59 Å². The van der Waals surface area contributed by atoms with Gasteiger partial charge in [0.05, 0.1) is 37.4 Å². The second-order valence-corrected chi connectivity index (χ2v) is 11.0. The Morgan fingerprint density at radius 1 is 1.22 bits per heavy atom. The molecule has 1 atom stereocenters. The molecule has 1 aliphatic carbocycles. The number of hydrogen-bond donors (Lipinski definition) is 3. The third-order valence-corrected chi connectivity index (χ3v) is 7.72. The first-order valence-corrected chi connectivity index (χ1v) is 14.2. The molecule has 2 aromatic heterocycles. The van der Waals surface area contributed by atoms with Gasteiger partial charge in [-0.1, -0.05) is 11.6 Å². The quantitative estimate of drug-likeness (QED) is 0.147. The van der Waals surface area contributed by atoms with Crippen molar-refractivity contribution in [3.8, 4) is 22.8 Å². The minimum Gasteiger partial charge on any atom is -0.494 e. The average Bonchev–Trinajstić information content (AvgIpc) is 3.77. The van der Waals surface area contributed by atoms with E-state index in [4.69, 9.17) is 26.8 Å². The van der Waals surface area contributed by atoms with Gasteiger partial charge < -0.3 is 25.6 Å². The molecular weight excluding hydrogens is 622 g/mol. The summed E-state index contributed by atoms with van der Waals surface area (Å²) < 4.78 is 66.4. The Hall–Kier alpha value is -4.43. The zero-order chi connectivity index (χ0) is 32.6. The molecule has 1 aliphatic rings. The molecule has 0 radical (unpaired) electrons. The Bertz CT molecular complexity index is 1780. The Kier molecular flexibility index (Phi) is 8.90. The Labute approximate surface area is 259 Å². The number of aliphatic hydroxyl groups is 1. The fourth-order valence-corrected chi connectivity index (χ4v) is 5.36. The number of alkyl halides is 2. The first-order chi connectivity index (χ1) is 21.4. The molecule has 2 aromatic carbocycles. The Morgan fingerprint density at radius 3 is 2.56 bits per heavy atom. The van der Waals surface area contributed by atoms with Crippen molar-refractivity contribution >= 4 is 34.3 Å². The van der Waals surface area contributed by atoms with Crippen LogP contribution in [0.5, 0.6) is 11.5 Å². The molecule has 5 rings (SSSR count). The van der Waals surface area contributed by atoms with Gasteiger partial charge in [0, 0.05) is 28.3 Å². The van der Waals surface area contributed by atoms with Crippen LogP contribution < -0.4 is 20.5 Å². The lowest BCUT2D eigenvalue weighted by atomic mass is 9.90. The number of aromatic nitrogens is 3. The summed E-state index contributed by atoms with van der Waals surface area (Å²) in [5.41, 5.74) is 4.13. The molecule has 238 valence electrons. The van der Waals surface area contributed by atoms with Crippen LogP contribution in [-0.2, 0) is 16.8 Å². The van der Waals surface area contributed by atoms with Crippen molar-refractivity contribution in [3.05, 3.63) is 70.0 Å². The summed E-state index contributed by atoms with van der Waals surface area (Å²) in [5, 5.41) is 18.2. The lowest BCUT2D eigenvalue weighted by Gasteiger charge is -2.30. The third kappa shape index (κ3) is 6.38. The SMILES string of the molecule is CCOc1c(CC(N)=O)cc([C@@](O)(CNC(=O)c2cc(OC)c3nn(C(F)F)cc3c2)C2CC2)nc1-c1cc(F)c(F)c(Cl)c1. The number of nitrogens with two attached hydrogens (primary N) is 1. The van der Waals surface area contributed by atoms with Gasteiger partial charge in [0.1, 0.15) is 28.3 Å². The highest BCUT2D eigenvalue weighted by Gasteiger charge is 2.47. The lowest BCUT2D eigenvalue weighted by Crippen LogP contribution is -2.43. The molecule has 4 N–H and O–H groups in total. The monoisotopic (exact) mass is 649 g/mol. The van der Waals surface area contributed by atoms with Gasteiger partial charge in [0.2, 0.25) is 5.91 Å². The molecule has 15 heteroatoms. The largest absolute Gasteiger partial charge is 0.494 e. The van der Waals surface area contributed by atoms with Crippen LogP contribution >= 0.6 is 11.6 Å². The topological polar surface area (TPSA) is 142 Å². The molecule has 4 aromatic rings. The number of amides is 2. The number of nitrogens with zero attached hydrogens (tertiary/aromatic N) is 3. The summed E-state index contributed by atoms with van der Waals surface area (Å²) in [7, 11) is 1.31. The molecule has 0 unspecified atom stereocenters. The number of fused-ring (bicyclic) bond motifs is 1. The summed E-state index contributed by atoms with van der Waals surface area (Å²) in [4.78, 5) is 29.9. The van der Waals surface area contributed by atoms with Crippen molar-refractivity contribution in [2.45, 2.75) is 38.3 Å². The van der Waals surface area contributed by atoms with Crippen LogP contribution in [0.3, 0.4) is 0 Å². The normalized spacial score (nSPS) is 14.4. The Balaban J connectivity index is 1.55. The van der Waals surface area contributed by atoms with E-state index < -0.39 is 40.6 Å². The summed E-state index contributed by atoms with van der Waals surface area (Å²) >= 11 is 5.92. The maximum Gasteiger partial charge on any atom is 0.333 e. The van der Waals surface area contributed by atoms with Crippen molar-refractivity contribution < 1.29 is 41.7 Å². The maximum atomic E-state index is 14.4. The van der Waals surface area contributed by atoms with Crippen molar-refractivity contribution in [1.29, 1.82) is 0 Å². The molecule has 2 heterocycles. The number of methoxy groups -OCH3 is 1. The molecule has 0 aliphatic heterocycles. The maximum absolute atomic E-state index is 14.4. The van der Waals surface area contributed by atoms with Crippen molar-refractivity contribution in [3.63, 3.8) is 0 Å². The van der Waals surface area contributed by atoms with Crippen LogP contribution in [0.4, 0.5) is 17.6 Å². The molecular formula is C30H28ClF4N5O5. The number of rotatable bonds is 12. The summed E-state index contributed by atoms with van der Waals surface area (Å²) in [6, 6.07) is 6.13. The van der Waals surface area contributed by atoms with Crippen LogP contribution in [0.15, 0.2) is 36.5 Å². The van der Waals surface area contributed by atoms with Gasteiger partial charge in [-0.05, 0) is 56.0 Å². The zero-order valence-corrected chi connectivity index (χ0v) is 24.8. The molecule has 0 bridgehead atoms. The van der Waals surface area contributed by atoms with Crippen molar-refractivity contribution in [1.82, 2.24) is 20.1 Å². The van der Waals surface area contributed by atoms with Gasteiger partial charge in [-0.15, -0.1) is 0 Å². The highest BCUT2D eigenvalue weighted by Crippen LogP contribution is 2.47. The smallest absolute Gasteiger partial charge is 0.333 e. The van der Waals surface area contributed by atoms with Crippen molar-refractivity contribution in [2.24, 2.45) is 11.7 Å². The first kappa shape index (κ1) is 32.0. The second-order valence-electron chi connectivity index (χ2n) is 10.6. The minimum absolute atomic E-state index is 0.0156. The highest BCUT2D eigenvalue weighted by molar-refractivity contribution is 6.31. The van der Waals surface area contributed by atoms with Gasteiger partial charge in [-0.25, -0.2) is 18.4 Å². The standard InChI is InChI=1S/C30H28ClF4N5O5/c1-3-45-27-15(11-23(36)41)10-22(38-26(27)14-7-19(31)24(33)20(32)8-14)30(43,18-4-5-18)13-37-28(42)16-6-17-12-40(29(34)35)39-25(17)21(9-16)44-2/h6-10,12,18,29,43H,3-5,11,13H2,1-2H3,(H2,36,41)(H,37,42)/t30-/m1/s1. The van der Waals surface area contributed by atoms with E-state index in [9.17, 15) is 32.3 Å². The van der Waals surface area contributed by atoms with Gasteiger partial charge in [-0.2, -0.15) is 13.9 Å². The molecule has 0 spiro atoms. The fourth-order valence-electron chi connectivity index (χ4n) is 5.15. The van der Waals surface area contributed by atoms with Crippen molar-refractivity contribution in [2.75, 3.05) is 20.3 Å². The average molecular weight is 650 g/mol. The number of hydrogen-bond acceptors (Lipinski definition) is 7. The molecule has 1 saturated carbocycles. The number of ether oxygens (including phenoxy) is 2. The second kappa shape index (κ2) is 12.5. The van der Waals surface area contributed by atoms with Gasteiger partial charge in [0.25, 0.3) is 5.91 Å². The van der Waals surface area contributed by atoms with Gasteiger partial charge >= 0.3 is 6.55 Å². The number of carbonyl (C=O) groups excluding carboxylic acids is 2. The molecule has 0 saturated heterocycles. The van der Waals surface area contributed by atoms with E-state index >= 15 is 0 Å². The molecule has 45 heavy (non-hydrogen) atoms. The summed E-state index contributed by atoms with van der Waals surface area (Å²) in [5.74, 6) is -4.12. The molecule has 1 fully saturated rings. The van der Waals surface area contributed by atoms with Crippen LogP contribution in [-0.4, -0.2) is 51.9 Å². The fraction of sp³-hybridized carbons (Fsp3) is 0.333. The van der Waals surface area contributed by atoms with E-state index in [1.54, 1.807) is 6.92 Å². The number of halogens is 5. The van der Waals surface area contributed by atoms with E-state index in [0.29, 0.717) is 17.5 Å². The van der Waals surface area contributed by atoms with Crippen LogP contribution in [0.25, 0.3) is 22.2 Å². The predicted molar refractivity (Wildman–Crippen MR) is 155 cm³/mol. The predicted octanol–water partition coefficient (Wildman–Crippen LogP) is 4.89. The van der Waals surface area contributed by atoms with Crippen LogP contribution in [0, 0.1) is 17.6 Å². The first-order valence-electron chi connectivity index (χ1n) is 13.8. The number of primary amides is 1. The summed E-state index contributed by atoms with van der Waals surface area (Å²) in [6.45, 7) is -1.47. The minimum atomic E-state index is -2.90. The third-order valence-electron chi connectivity index (χ3n) is 7.45. The molecule has 2 amide bonds. The molecule has 10 nitrogen and oxygen atoms in total. The van der Waals surface area contributed by atoms with E-state index in [1.165, 1.54) is 25.3 Å². The number of carbonyl (C=O) groups is 2. The zero-order valence-electron chi connectivity index (χ0n) is 24.0.